The number of hydrogen-bond acceptors (Lipinski definition) is 2. The number of pyridine rings is 1. The Bertz CT molecular complexity index is 1120. The van der Waals surface area contributed by atoms with Crippen molar-refractivity contribution in [3.05, 3.63) is 53.5 Å². The third-order valence-corrected chi connectivity index (χ3v) is 4.55. The van der Waals surface area contributed by atoms with Crippen molar-refractivity contribution in [3.8, 4) is 5.69 Å². The lowest BCUT2D eigenvalue weighted by molar-refractivity contribution is -0.141. The molecule has 0 saturated heterocycles. The standard InChI is InChI=1S/C19H17F3N4/c1-10(2)15-8-12-4-5-16(19(20,21)22)24-18(12)26(15)14-6-11(3)17-13(7-14)9-23-25-17/h4-10H,1-3H3,(H,23,25). The van der Waals surface area contributed by atoms with Crippen molar-refractivity contribution in [2.75, 3.05) is 0 Å². The highest BCUT2D eigenvalue weighted by Gasteiger charge is 2.33. The maximum atomic E-state index is 13.2. The predicted octanol–water partition coefficient (Wildman–Crippen LogP) is 5.35. The van der Waals surface area contributed by atoms with Crippen LogP contribution in [0, 0.1) is 6.92 Å². The van der Waals surface area contributed by atoms with E-state index in [1.165, 1.54) is 6.07 Å². The molecule has 1 N–H and O–H groups in total. The molecule has 0 radical (unpaired) electrons. The van der Waals surface area contributed by atoms with Gasteiger partial charge in [0.2, 0.25) is 0 Å². The van der Waals surface area contributed by atoms with E-state index in [2.05, 4.69) is 15.2 Å². The molecule has 0 aliphatic carbocycles. The Kier molecular flexibility index (Phi) is 3.57. The fourth-order valence-corrected chi connectivity index (χ4v) is 3.30. The molecule has 4 rings (SSSR count). The first-order valence-electron chi connectivity index (χ1n) is 8.29. The molecule has 3 aromatic heterocycles. The van der Waals surface area contributed by atoms with Gasteiger partial charge in [0.25, 0.3) is 0 Å². The Hall–Kier alpha value is -2.83. The van der Waals surface area contributed by atoms with E-state index in [4.69, 9.17) is 0 Å². The highest BCUT2D eigenvalue weighted by atomic mass is 19.4. The van der Waals surface area contributed by atoms with Crippen molar-refractivity contribution in [2.24, 2.45) is 0 Å². The van der Waals surface area contributed by atoms with Gasteiger partial charge in [-0.25, -0.2) is 4.98 Å². The molecular weight excluding hydrogens is 341 g/mol. The molecule has 3 heterocycles. The van der Waals surface area contributed by atoms with Crippen molar-refractivity contribution in [3.63, 3.8) is 0 Å². The van der Waals surface area contributed by atoms with E-state index in [1.54, 1.807) is 6.20 Å². The van der Waals surface area contributed by atoms with E-state index < -0.39 is 11.9 Å². The van der Waals surface area contributed by atoms with Gasteiger partial charge in [-0.05, 0) is 48.7 Å². The van der Waals surface area contributed by atoms with Crippen molar-refractivity contribution in [1.29, 1.82) is 0 Å². The molecule has 134 valence electrons. The predicted molar refractivity (Wildman–Crippen MR) is 94.5 cm³/mol. The molecular formula is C19H17F3N4. The van der Waals surface area contributed by atoms with Gasteiger partial charge in [0, 0.05) is 22.2 Å². The van der Waals surface area contributed by atoms with Gasteiger partial charge < -0.3 is 0 Å². The van der Waals surface area contributed by atoms with Crippen LogP contribution in [-0.2, 0) is 6.18 Å². The first-order valence-corrected chi connectivity index (χ1v) is 8.29. The summed E-state index contributed by atoms with van der Waals surface area (Å²) >= 11 is 0. The number of rotatable bonds is 2. The molecule has 26 heavy (non-hydrogen) atoms. The summed E-state index contributed by atoms with van der Waals surface area (Å²) in [7, 11) is 0. The van der Waals surface area contributed by atoms with E-state index in [1.807, 2.05) is 43.5 Å². The summed E-state index contributed by atoms with van der Waals surface area (Å²) in [4.78, 5) is 3.94. The third-order valence-electron chi connectivity index (χ3n) is 4.55. The average molecular weight is 358 g/mol. The first-order chi connectivity index (χ1) is 12.3. The molecule has 0 unspecified atom stereocenters. The lowest BCUT2D eigenvalue weighted by Crippen LogP contribution is -2.09. The zero-order valence-electron chi connectivity index (χ0n) is 14.5. The maximum absolute atomic E-state index is 13.2. The normalized spacial score (nSPS) is 12.6. The number of aromatic nitrogens is 4. The van der Waals surface area contributed by atoms with Crippen molar-refractivity contribution >= 4 is 21.9 Å². The molecule has 0 bridgehead atoms. The molecule has 0 spiro atoms. The van der Waals surface area contributed by atoms with Crippen LogP contribution in [0.2, 0.25) is 0 Å². The molecule has 0 aliphatic rings. The average Bonchev–Trinajstić information content (AvgIpc) is 3.17. The summed E-state index contributed by atoms with van der Waals surface area (Å²) in [5, 5.41) is 8.59. The Morgan fingerprint density at radius 1 is 1.08 bits per heavy atom. The molecule has 0 amide bonds. The number of alkyl halides is 3. The van der Waals surface area contributed by atoms with E-state index >= 15 is 0 Å². The number of aryl methyl sites for hydroxylation is 1. The molecule has 0 aliphatic heterocycles. The van der Waals surface area contributed by atoms with E-state index in [-0.39, 0.29) is 5.92 Å². The SMILES string of the molecule is Cc1cc(-n2c(C(C)C)cc3ccc(C(F)(F)F)nc32)cc2cn[nH]c12. The number of H-pyrrole nitrogens is 1. The van der Waals surface area contributed by atoms with Crippen LogP contribution in [-0.4, -0.2) is 19.7 Å². The van der Waals surface area contributed by atoms with Crippen LogP contribution in [0.1, 0.15) is 36.7 Å². The Morgan fingerprint density at radius 3 is 2.54 bits per heavy atom. The zero-order valence-corrected chi connectivity index (χ0v) is 14.5. The number of hydrogen-bond donors (Lipinski definition) is 1. The molecule has 4 aromatic rings. The summed E-state index contributed by atoms with van der Waals surface area (Å²) in [6.07, 6.45) is -2.77. The molecule has 0 saturated carbocycles. The number of nitrogens with one attached hydrogen (secondary N) is 1. The van der Waals surface area contributed by atoms with E-state index in [0.29, 0.717) is 11.0 Å². The number of nitrogens with zero attached hydrogens (tertiary/aromatic N) is 3. The van der Waals surface area contributed by atoms with Crippen LogP contribution in [0.4, 0.5) is 13.2 Å². The second-order valence-corrected chi connectivity index (χ2v) is 6.76. The highest BCUT2D eigenvalue weighted by molar-refractivity contribution is 5.86. The van der Waals surface area contributed by atoms with E-state index in [0.717, 1.165) is 33.9 Å². The highest BCUT2D eigenvalue weighted by Crippen LogP contribution is 2.33. The van der Waals surface area contributed by atoms with Crippen LogP contribution in [0.15, 0.2) is 36.5 Å². The molecule has 1 aromatic carbocycles. The Labute approximate surface area is 147 Å². The first kappa shape index (κ1) is 16.6. The largest absolute Gasteiger partial charge is 0.433 e. The minimum Gasteiger partial charge on any atom is -0.298 e. The summed E-state index contributed by atoms with van der Waals surface area (Å²) in [5.41, 5.74) is 3.00. The summed E-state index contributed by atoms with van der Waals surface area (Å²) < 4.78 is 41.3. The second kappa shape index (κ2) is 5.59. The molecule has 0 atom stereocenters. The van der Waals surface area contributed by atoms with Gasteiger partial charge >= 0.3 is 6.18 Å². The number of aromatic amines is 1. The molecule has 4 nitrogen and oxygen atoms in total. The van der Waals surface area contributed by atoms with Gasteiger partial charge in [-0.15, -0.1) is 0 Å². The fourth-order valence-electron chi connectivity index (χ4n) is 3.30. The minimum absolute atomic E-state index is 0.124. The third kappa shape index (κ3) is 2.55. The monoisotopic (exact) mass is 358 g/mol. The lowest BCUT2D eigenvalue weighted by atomic mass is 10.1. The minimum atomic E-state index is -4.48. The Balaban J connectivity index is 2.06. The topological polar surface area (TPSA) is 46.5 Å². The smallest absolute Gasteiger partial charge is 0.298 e. The van der Waals surface area contributed by atoms with Crippen molar-refractivity contribution in [1.82, 2.24) is 19.7 Å². The van der Waals surface area contributed by atoms with Crippen LogP contribution >= 0.6 is 0 Å². The fraction of sp³-hybridized carbons (Fsp3) is 0.263. The summed E-state index contributed by atoms with van der Waals surface area (Å²) in [5.74, 6) is 0.124. The maximum Gasteiger partial charge on any atom is 0.433 e. The van der Waals surface area contributed by atoms with E-state index in [9.17, 15) is 13.2 Å². The number of benzene rings is 1. The zero-order chi connectivity index (χ0) is 18.6. The van der Waals surface area contributed by atoms with Gasteiger partial charge in [0.05, 0.1) is 11.7 Å². The van der Waals surface area contributed by atoms with Gasteiger partial charge in [-0.2, -0.15) is 18.3 Å². The van der Waals surface area contributed by atoms with Crippen LogP contribution in [0.3, 0.4) is 0 Å². The molecule has 0 fully saturated rings. The van der Waals surface area contributed by atoms with Crippen LogP contribution in [0.25, 0.3) is 27.6 Å². The number of halogens is 3. The van der Waals surface area contributed by atoms with Crippen molar-refractivity contribution < 1.29 is 13.2 Å². The van der Waals surface area contributed by atoms with Crippen LogP contribution < -0.4 is 0 Å². The van der Waals surface area contributed by atoms with Crippen LogP contribution in [0.5, 0.6) is 0 Å². The summed E-state index contributed by atoms with van der Waals surface area (Å²) in [6.45, 7) is 5.97. The Morgan fingerprint density at radius 2 is 1.85 bits per heavy atom. The van der Waals surface area contributed by atoms with Gasteiger partial charge in [0.15, 0.2) is 0 Å². The number of fused-ring (bicyclic) bond motifs is 2. The van der Waals surface area contributed by atoms with Gasteiger partial charge in [0.1, 0.15) is 11.3 Å². The lowest BCUT2D eigenvalue weighted by Gasteiger charge is -2.14. The van der Waals surface area contributed by atoms with Crippen molar-refractivity contribution in [2.45, 2.75) is 32.9 Å². The second-order valence-electron chi connectivity index (χ2n) is 6.76. The van der Waals surface area contributed by atoms with Gasteiger partial charge in [-0.3, -0.25) is 9.67 Å². The summed E-state index contributed by atoms with van der Waals surface area (Å²) in [6, 6.07) is 8.27. The van der Waals surface area contributed by atoms with Gasteiger partial charge in [-0.1, -0.05) is 13.8 Å². The molecule has 7 heteroatoms. The quantitative estimate of drug-likeness (QED) is 0.525.